The number of aliphatic hydroxyl groups excluding tert-OH is 2. The fourth-order valence-electron chi connectivity index (χ4n) is 4.63. The molecule has 2 aliphatic rings. The van der Waals surface area contributed by atoms with Crippen LogP contribution >= 0.6 is 0 Å². The molecule has 2 heterocycles. The Morgan fingerprint density at radius 2 is 1.74 bits per heavy atom. The van der Waals surface area contributed by atoms with E-state index < -0.39 is 12.2 Å². The van der Waals surface area contributed by atoms with Gasteiger partial charge in [0.15, 0.2) is 6.61 Å². The van der Waals surface area contributed by atoms with Gasteiger partial charge in [0, 0.05) is 31.7 Å². The molecular weight excluding hydrogens is 439 g/mol. The zero-order valence-corrected chi connectivity index (χ0v) is 19.3. The smallest absolute Gasteiger partial charge is 0.260 e. The van der Waals surface area contributed by atoms with Crippen molar-refractivity contribution in [2.75, 3.05) is 32.8 Å². The van der Waals surface area contributed by atoms with Crippen LogP contribution in [0.1, 0.15) is 47.2 Å². The molecule has 2 amide bonds. The molecule has 0 unspecified atom stereocenters. The van der Waals surface area contributed by atoms with Crippen molar-refractivity contribution in [3.8, 4) is 5.75 Å². The van der Waals surface area contributed by atoms with Crippen molar-refractivity contribution in [3.63, 3.8) is 0 Å². The van der Waals surface area contributed by atoms with Crippen LogP contribution in [-0.4, -0.2) is 76.8 Å². The molecule has 2 aliphatic heterocycles. The molecule has 0 aromatic heterocycles. The first-order chi connectivity index (χ1) is 16.4. The summed E-state index contributed by atoms with van der Waals surface area (Å²) < 4.78 is 19.9. The minimum absolute atomic E-state index is 0.0739. The van der Waals surface area contributed by atoms with Crippen molar-refractivity contribution in [2.24, 2.45) is 0 Å². The summed E-state index contributed by atoms with van der Waals surface area (Å²) in [4.78, 5) is 28.4. The van der Waals surface area contributed by atoms with Gasteiger partial charge in [-0.05, 0) is 60.6 Å². The molecule has 4 rings (SSSR count). The predicted molar refractivity (Wildman–Crippen MR) is 124 cm³/mol. The van der Waals surface area contributed by atoms with E-state index in [0.29, 0.717) is 37.2 Å². The van der Waals surface area contributed by atoms with Gasteiger partial charge in [-0.15, -0.1) is 0 Å². The second-order valence-electron chi connectivity index (χ2n) is 9.03. The Morgan fingerprint density at radius 1 is 1.03 bits per heavy atom. The van der Waals surface area contributed by atoms with E-state index >= 15 is 0 Å². The van der Waals surface area contributed by atoms with E-state index in [1.165, 1.54) is 11.0 Å². The fraction of sp³-hybridized carbons (Fsp3) is 0.462. The maximum absolute atomic E-state index is 14.4. The van der Waals surface area contributed by atoms with Gasteiger partial charge in [0.1, 0.15) is 11.6 Å². The number of amides is 2. The summed E-state index contributed by atoms with van der Waals surface area (Å²) in [7, 11) is 0. The van der Waals surface area contributed by atoms with Crippen LogP contribution in [0.4, 0.5) is 4.39 Å². The van der Waals surface area contributed by atoms with Crippen LogP contribution in [0.2, 0.25) is 0 Å². The van der Waals surface area contributed by atoms with Gasteiger partial charge in [-0.25, -0.2) is 4.39 Å². The summed E-state index contributed by atoms with van der Waals surface area (Å²) in [5.41, 5.74) is 2.32. The summed E-state index contributed by atoms with van der Waals surface area (Å²) in [5.74, 6) is -0.149. The second kappa shape index (κ2) is 10.5. The van der Waals surface area contributed by atoms with Gasteiger partial charge in [-0.3, -0.25) is 9.59 Å². The lowest BCUT2D eigenvalue weighted by Gasteiger charge is -2.32. The Morgan fingerprint density at radius 3 is 2.41 bits per heavy atom. The van der Waals surface area contributed by atoms with Gasteiger partial charge in [0.05, 0.1) is 12.2 Å². The van der Waals surface area contributed by atoms with Crippen molar-refractivity contribution in [2.45, 2.75) is 44.3 Å². The standard InChI is InChI=1S/C26H31FN2O5/c1-2-17-6-7-22(27)21(12-17)18-8-10-28(11-9-18)26(33)19-4-3-5-20(13-19)34-16-25(32)29-14-23(30)24(31)15-29/h3-7,12-13,18,23-24,30-31H,2,8-11,14-16H2,1H3/t23-,24+. The lowest BCUT2D eigenvalue weighted by molar-refractivity contribution is -0.132. The Labute approximate surface area is 198 Å². The van der Waals surface area contributed by atoms with Crippen LogP contribution < -0.4 is 4.74 Å². The predicted octanol–water partition coefficient (Wildman–Crippen LogP) is 2.35. The van der Waals surface area contributed by atoms with Gasteiger partial charge in [0.25, 0.3) is 11.8 Å². The van der Waals surface area contributed by atoms with E-state index in [2.05, 4.69) is 0 Å². The highest BCUT2D eigenvalue weighted by Crippen LogP contribution is 2.31. The summed E-state index contributed by atoms with van der Waals surface area (Å²) >= 11 is 0. The van der Waals surface area contributed by atoms with Crippen LogP contribution in [0.3, 0.4) is 0 Å². The highest BCUT2D eigenvalue weighted by molar-refractivity contribution is 5.94. The number of likely N-dealkylation sites (tertiary alicyclic amines) is 2. The van der Waals surface area contributed by atoms with Crippen LogP contribution in [0, 0.1) is 5.82 Å². The van der Waals surface area contributed by atoms with Crippen LogP contribution in [0.15, 0.2) is 42.5 Å². The molecule has 0 bridgehead atoms. The van der Waals surface area contributed by atoms with Crippen molar-refractivity contribution in [1.82, 2.24) is 9.80 Å². The normalized spacial score (nSPS) is 21.1. The average molecular weight is 471 g/mol. The number of carbonyl (C=O) groups excluding carboxylic acids is 2. The Bertz CT molecular complexity index is 1030. The van der Waals surface area contributed by atoms with Gasteiger partial charge in [0.2, 0.25) is 0 Å². The number of carbonyl (C=O) groups is 2. The van der Waals surface area contributed by atoms with Crippen molar-refractivity contribution in [1.29, 1.82) is 0 Å². The molecule has 34 heavy (non-hydrogen) atoms. The number of hydrogen-bond donors (Lipinski definition) is 2. The SMILES string of the molecule is CCc1ccc(F)c(C2CCN(C(=O)c3cccc(OCC(=O)N4C[C@@H](O)[C@@H](O)C4)c3)CC2)c1. The molecule has 0 aliphatic carbocycles. The number of rotatable bonds is 6. The molecule has 2 fully saturated rings. The topological polar surface area (TPSA) is 90.3 Å². The molecule has 2 aromatic rings. The van der Waals surface area contributed by atoms with Crippen LogP contribution in [0.25, 0.3) is 0 Å². The van der Waals surface area contributed by atoms with Gasteiger partial charge in [-0.1, -0.05) is 25.1 Å². The van der Waals surface area contributed by atoms with Crippen LogP contribution in [-0.2, 0) is 11.2 Å². The van der Waals surface area contributed by atoms with Gasteiger partial charge >= 0.3 is 0 Å². The fourth-order valence-corrected chi connectivity index (χ4v) is 4.63. The number of halogens is 1. The maximum atomic E-state index is 14.4. The molecule has 8 heteroatoms. The molecule has 0 radical (unpaired) electrons. The summed E-state index contributed by atoms with van der Waals surface area (Å²) in [6.07, 6.45) is 0.376. The zero-order chi connectivity index (χ0) is 24.2. The van der Waals surface area contributed by atoms with Crippen molar-refractivity contribution >= 4 is 11.8 Å². The lowest BCUT2D eigenvalue weighted by Crippen LogP contribution is -2.38. The van der Waals surface area contributed by atoms with Crippen molar-refractivity contribution < 1.29 is 28.9 Å². The largest absolute Gasteiger partial charge is 0.484 e. The number of nitrogens with zero attached hydrogens (tertiary/aromatic N) is 2. The molecule has 2 saturated heterocycles. The minimum Gasteiger partial charge on any atom is -0.484 e. The third-order valence-electron chi connectivity index (χ3n) is 6.75. The average Bonchev–Trinajstić information content (AvgIpc) is 3.21. The number of piperidine rings is 1. The number of benzene rings is 2. The Hall–Kier alpha value is -2.97. The molecule has 182 valence electrons. The number of ether oxygens (including phenoxy) is 1. The first-order valence-electron chi connectivity index (χ1n) is 11.8. The van der Waals surface area contributed by atoms with E-state index in [4.69, 9.17) is 4.74 Å². The molecule has 2 atom stereocenters. The summed E-state index contributed by atoms with van der Waals surface area (Å²) in [6, 6.07) is 12.0. The van der Waals surface area contributed by atoms with E-state index in [-0.39, 0.29) is 43.2 Å². The highest BCUT2D eigenvalue weighted by Gasteiger charge is 2.32. The minimum atomic E-state index is -0.943. The van der Waals surface area contributed by atoms with Gasteiger partial charge in [-0.2, -0.15) is 0 Å². The van der Waals surface area contributed by atoms with Crippen molar-refractivity contribution in [3.05, 3.63) is 65.0 Å². The van der Waals surface area contributed by atoms with E-state index in [9.17, 15) is 24.2 Å². The quantitative estimate of drug-likeness (QED) is 0.677. The first kappa shape index (κ1) is 24.2. The lowest BCUT2D eigenvalue weighted by atomic mass is 9.87. The number of hydrogen-bond acceptors (Lipinski definition) is 5. The molecule has 2 aromatic carbocycles. The third-order valence-corrected chi connectivity index (χ3v) is 6.75. The number of aryl methyl sites for hydroxylation is 1. The Kier molecular flexibility index (Phi) is 7.48. The number of β-amino-alcohol motifs (C(OH)–C–C–N with tert-alkyl or cyclic N) is 2. The zero-order valence-electron chi connectivity index (χ0n) is 19.3. The molecule has 0 saturated carbocycles. The molecule has 0 spiro atoms. The monoisotopic (exact) mass is 470 g/mol. The van der Waals surface area contributed by atoms with E-state index in [0.717, 1.165) is 17.5 Å². The van der Waals surface area contributed by atoms with E-state index in [1.807, 2.05) is 19.1 Å². The molecule has 2 N–H and O–H groups in total. The molecular formula is C26H31FN2O5. The number of aliphatic hydroxyl groups is 2. The molecule has 7 nitrogen and oxygen atoms in total. The highest BCUT2D eigenvalue weighted by atomic mass is 19.1. The first-order valence-corrected chi connectivity index (χ1v) is 11.8. The third kappa shape index (κ3) is 5.39. The summed E-state index contributed by atoms with van der Waals surface area (Å²) in [5, 5.41) is 19.2. The maximum Gasteiger partial charge on any atom is 0.260 e. The van der Waals surface area contributed by atoms with Gasteiger partial charge < -0.3 is 24.7 Å². The Balaban J connectivity index is 1.33. The van der Waals surface area contributed by atoms with E-state index in [1.54, 1.807) is 29.2 Å². The summed E-state index contributed by atoms with van der Waals surface area (Å²) in [6.45, 7) is 3.04. The van der Waals surface area contributed by atoms with Crippen LogP contribution in [0.5, 0.6) is 5.75 Å². The second-order valence-corrected chi connectivity index (χ2v) is 9.03.